The number of rotatable bonds is 9. The molecular formula is C55H60Cl2N6. The molecule has 3 aromatic heterocycles. The molecule has 3 N–H and O–H groups in total. The second kappa shape index (κ2) is 19.8. The molecule has 0 spiro atoms. The van der Waals surface area contributed by atoms with E-state index in [2.05, 4.69) is 209 Å². The summed E-state index contributed by atoms with van der Waals surface area (Å²) < 4.78 is 0. The van der Waals surface area contributed by atoms with E-state index in [1.807, 2.05) is 36.4 Å². The van der Waals surface area contributed by atoms with E-state index in [0.717, 1.165) is 21.1 Å². The molecule has 9 rings (SSSR count). The van der Waals surface area contributed by atoms with Crippen LogP contribution < -0.4 is 0 Å². The molecule has 9 aromatic rings. The fourth-order valence-electron chi connectivity index (χ4n) is 8.90. The zero-order chi connectivity index (χ0) is 44.9. The van der Waals surface area contributed by atoms with E-state index < -0.39 is 0 Å². The third-order valence-electron chi connectivity index (χ3n) is 11.9. The van der Waals surface area contributed by atoms with E-state index in [1.54, 1.807) is 0 Å². The van der Waals surface area contributed by atoms with E-state index in [1.165, 1.54) is 77.4 Å². The maximum atomic E-state index is 6.18. The summed E-state index contributed by atoms with van der Waals surface area (Å²) in [6.07, 6.45) is 4.18. The van der Waals surface area contributed by atoms with Gasteiger partial charge in [-0.2, -0.15) is 0 Å². The molecular weight excluding hydrogens is 816 g/mol. The number of H-pyrrole nitrogens is 3. The SMILES string of the molecule is Cc1ccc(C(c2c(C)[nH]c3ccccc23)N(C)C)cc1.Cc1ccc(C(c2c[nH]c3ccc(Cl)cc23)N(C)C)cc1.Cc1cccc(C(c2c[nH]c3ccc(Cl)cc23)N(C)C)c1. The minimum atomic E-state index is 0.206. The van der Waals surface area contributed by atoms with Crippen molar-refractivity contribution < 1.29 is 0 Å². The fraction of sp³-hybridized carbons (Fsp3) is 0.236. The maximum Gasteiger partial charge on any atom is 0.0620 e. The van der Waals surface area contributed by atoms with Gasteiger partial charge in [-0.25, -0.2) is 0 Å². The van der Waals surface area contributed by atoms with Gasteiger partial charge in [-0.05, 0) is 140 Å². The van der Waals surface area contributed by atoms with Gasteiger partial charge in [-0.3, -0.25) is 14.7 Å². The lowest BCUT2D eigenvalue weighted by atomic mass is 9.94. The second-order valence-electron chi connectivity index (χ2n) is 17.4. The number of aromatic amines is 3. The van der Waals surface area contributed by atoms with Gasteiger partial charge in [0.1, 0.15) is 0 Å². The van der Waals surface area contributed by atoms with E-state index in [9.17, 15) is 0 Å². The number of fused-ring (bicyclic) bond motifs is 3. The third-order valence-corrected chi connectivity index (χ3v) is 12.3. The molecule has 3 unspecified atom stereocenters. The lowest BCUT2D eigenvalue weighted by Gasteiger charge is -2.26. The Labute approximate surface area is 383 Å². The van der Waals surface area contributed by atoms with Crippen molar-refractivity contribution in [1.29, 1.82) is 0 Å². The normalized spacial score (nSPS) is 13.0. The summed E-state index contributed by atoms with van der Waals surface area (Å²) in [5.41, 5.74) is 16.3. The quantitative estimate of drug-likeness (QED) is 0.135. The lowest BCUT2D eigenvalue weighted by Crippen LogP contribution is -2.21. The van der Waals surface area contributed by atoms with Crippen molar-refractivity contribution in [3.05, 3.63) is 212 Å². The van der Waals surface area contributed by atoms with Gasteiger partial charge >= 0.3 is 0 Å². The molecule has 8 heteroatoms. The molecule has 0 bridgehead atoms. The van der Waals surface area contributed by atoms with Crippen LogP contribution in [0, 0.1) is 27.7 Å². The van der Waals surface area contributed by atoms with E-state index in [-0.39, 0.29) is 18.1 Å². The molecule has 0 saturated carbocycles. The predicted octanol–water partition coefficient (Wildman–Crippen LogP) is 14.0. The van der Waals surface area contributed by atoms with Gasteiger partial charge in [0, 0.05) is 66.4 Å². The van der Waals surface area contributed by atoms with Gasteiger partial charge in [0.05, 0.1) is 18.1 Å². The van der Waals surface area contributed by atoms with E-state index in [4.69, 9.17) is 23.2 Å². The van der Waals surface area contributed by atoms with Crippen LogP contribution in [-0.2, 0) is 0 Å². The molecule has 0 amide bonds. The minimum absolute atomic E-state index is 0.206. The first-order chi connectivity index (χ1) is 30.2. The van der Waals surface area contributed by atoms with Gasteiger partial charge in [0.15, 0.2) is 0 Å². The molecule has 0 aliphatic carbocycles. The zero-order valence-corrected chi connectivity index (χ0v) is 39.7. The summed E-state index contributed by atoms with van der Waals surface area (Å²) in [7, 11) is 12.7. The molecule has 3 atom stereocenters. The highest BCUT2D eigenvalue weighted by molar-refractivity contribution is 6.31. The van der Waals surface area contributed by atoms with Crippen LogP contribution in [0.1, 0.15) is 73.9 Å². The van der Waals surface area contributed by atoms with Crippen molar-refractivity contribution >= 4 is 55.9 Å². The van der Waals surface area contributed by atoms with Crippen LogP contribution in [0.2, 0.25) is 10.0 Å². The number of hydrogen-bond donors (Lipinski definition) is 3. The van der Waals surface area contributed by atoms with Gasteiger partial charge in [-0.15, -0.1) is 0 Å². The number of para-hydroxylation sites is 1. The second-order valence-corrected chi connectivity index (χ2v) is 18.3. The first-order valence-corrected chi connectivity index (χ1v) is 22.2. The van der Waals surface area contributed by atoms with Crippen LogP contribution in [0.25, 0.3) is 32.7 Å². The summed E-state index contributed by atoms with van der Waals surface area (Å²) >= 11 is 12.3. The van der Waals surface area contributed by atoms with Crippen LogP contribution in [0.4, 0.5) is 0 Å². The summed E-state index contributed by atoms with van der Waals surface area (Å²) in [4.78, 5) is 17.0. The number of aryl methyl sites for hydroxylation is 4. The summed E-state index contributed by atoms with van der Waals surface area (Å²) in [6.45, 7) is 8.54. The summed E-state index contributed by atoms with van der Waals surface area (Å²) in [5.74, 6) is 0. The Hall–Kier alpha value is -5.60. The number of hydrogen-bond acceptors (Lipinski definition) is 3. The Kier molecular flexibility index (Phi) is 14.3. The zero-order valence-electron chi connectivity index (χ0n) is 38.2. The Bertz CT molecular complexity index is 2920. The summed E-state index contributed by atoms with van der Waals surface area (Å²) in [6, 6.07) is 47.4. The standard InChI is InChI=1S/C19H22N2.2C18H19ClN2/c1-13-9-11-15(12-10-13)19(21(3)4)18-14(2)20-17-8-6-5-7-16(17)18;1-12-4-6-13(7-5-12)18(21(2)3)16-11-20-17-9-8-14(19)10-15(16)17;1-12-5-4-6-13(9-12)18(21(2)3)16-11-20-17-8-7-14(19)10-15(16)17/h5-12,19-20H,1-4H3;2*4-11,18,20H,1-3H3. The van der Waals surface area contributed by atoms with Crippen LogP contribution in [0.3, 0.4) is 0 Å². The number of aromatic nitrogens is 3. The average molecular weight is 876 g/mol. The minimum Gasteiger partial charge on any atom is -0.361 e. The molecule has 6 aromatic carbocycles. The van der Waals surface area contributed by atoms with Crippen molar-refractivity contribution in [2.24, 2.45) is 0 Å². The average Bonchev–Trinajstić information content (AvgIpc) is 3.94. The van der Waals surface area contributed by atoms with Crippen LogP contribution in [-0.4, -0.2) is 71.9 Å². The van der Waals surface area contributed by atoms with E-state index in [0.29, 0.717) is 0 Å². The Morgan fingerprint density at radius 1 is 0.413 bits per heavy atom. The number of nitrogens with zero attached hydrogens (tertiary/aromatic N) is 3. The third kappa shape index (κ3) is 10.3. The lowest BCUT2D eigenvalue weighted by molar-refractivity contribution is 0.343. The Balaban J connectivity index is 0.000000142. The van der Waals surface area contributed by atoms with Crippen molar-refractivity contribution in [3.8, 4) is 0 Å². The van der Waals surface area contributed by atoms with Crippen molar-refractivity contribution in [2.75, 3.05) is 42.3 Å². The molecule has 3 heterocycles. The topological polar surface area (TPSA) is 57.1 Å². The first kappa shape index (κ1) is 45.4. The van der Waals surface area contributed by atoms with Crippen LogP contribution in [0.15, 0.2) is 146 Å². The predicted molar refractivity (Wildman–Crippen MR) is 270 cm³/mol. The first-order valence-electron chi connectivity index (χ1n) is 21.5. The van der Waals surface area contributed by atoms with Gasteiger partial charge in [0.25, 0.3) is 0 Å². The van der Waals surface area contributed by atoms with Crippen LogP contribution in [0.5, 0.6) is 0 Å². The highest BCUT2D eigenvalue weighted by atomic mass is 35.5. The molecule has 324 valence electrons. The Morgan fingerprint density at radius 2 is 0.889 bits per heavy atom. The van der Waals surface area contributed by atoms with Crippen molar-refractivity contribution in [1.82, 2.24) is 29.7 Å². The smallest absolute Gasteiger partial charge is 0.0620 e. The van der Waals surface area contributed by atoms with E-state index >= 15 is 0 Å². The monoisotopic (exact) mass is 874 g/mol. The van der Waals surface area contributed by atoms with Gasteiger partial charge in [-0.1, -0.05) is 131 Å². The molecule has 0 radical (unpaired) electrons. The van der Waals surface area contributed by atoms with Gasteiger partial charge in [0.2, 0.25) is 0 Å². The molecule has 0 aliphatic heterocycles. The Morgan fingerprint density at radius 3 is 1.38 bits per heavy atom. The molecule has 63 heavy (non-hydrogen) atoms. The number of benzene rings is 6. The van der Waals surface area contributed by atoms with Crippen molar-refractivity contribution in [3.63, 3.8) is 0 Å². The van der Waals surface area contributed by atoms with Crippen molar-refractivity contribution in [2.45, 2.75) is 45.8 Å². The van der Waals surface area contributed by atoms with Crippen LogP contribution >= 0.6 is 23.2 Å². The highest BCUT2D eigenvalue weighted by Crippen LogP contribution is 2.37. The number of nitrogens with one attached hydrogen (secondary N) is 3. The molecule has 0 fully saturated rings. The largest absolute Gasteiger partial charge is 0.361 e. The molecule has 0 aliphatic rings. The van der Waals surface area contributed by atoms with Gasteiger partial charge < -0.3 is 15.0 Å². The molecule has 6 nitrogen and oxygen atoms in total. The molecule has 0 saturated heterocycles. The number of halogens is 2. The fourth-order valence-corrected chi connectivity index (χ4v) is 9.25. The highest BCUT2D eigenvalue weighted by Gasteiger charge is 2.24. The maximum absolute atomic E-state index is 6.18. The summed E-state index contributed by atoms with van der Waals surface area (Å²) in [5, 5.41) is 5.22.